The third-order valence-electron chi connectivity index (χ3n) is 4.68. The van der Waals surface area contributed by atoms with Gasteiger partial charge in [0, 0.05) is 24.3 Å². The Balaban J connectivity index is 1.75. The summed E-state index contributed by atoms with van der Waals surface area (Å²) in [5.74, 6) is 0.645. The zero-order valence-corrected chi connectivity index (χ0v) is 12.9. The van der Waals surface area contributed by atoms with Crippen molar-refractivity contribution in [2.45, 2.75) is 33.6 Å². The number of anilines is 1. The molecule has 0 radical (unpaired) electrons. The predicted octanol–water partition coefficient (Wildman–Crippen LogP) is 2.69. The van der Waals surface area contributed by atoms with Crippen LogP contribution in [-0.4, -0.2) is 29.8 Å². The highest BCUT2D eigenvalue weighted by Gasteiger charge is 2.34. The van der Waals surface area contributed by atoms with E-state index in [1.807, 2.05) is 23.1 Å². The molecule has 1 N–H and O–H groups in total. The number of amides is 2. The second-order valence-corrected chi connectivity index (χ2v) is 7.20. The average Bonchev–Trinajstić information content (AvgIpc) is 3.01. The lowest BCUT2D eigenvalue weighted by atomic mass is 9.80. The lowest BCUT2D eigenvalue weighted by Gasteiger charge is -2.27. The molecular weight excluding hydrogens is 264 g/mol. The molecule has 4 heteroatoms. The molecule has 3 rings (SSSR count). The normalized spacial score (nSPS) is 21.4. The molecule has 1 aromatic rings. The van der Waals surface area contributed by atoms with Gasteiger partial charge in [-0.1, -0.05) is 20.8 Å². The third kappa shape index (κ3) is 2.67. The van der Waals surface area contributed by atoms with E-state index < -0.39 is 0 Å². The molecule has 21 heavy (non-hydrogen) atoms. The highest BCUT2D eigenvalue weighted by molar-refractivity contribution is 6.01. The van der Waals surface area contributed by atoms with E-state index in [1.165, 1.54) is 0 Å². The maximum Gasteiger partial charge on any atom is 0.253 e. The summed E-state index contributed by atoms with van der Waals surface area (Å²) in [5, 5.41) is 2.80. The molecule has 2 aliphatic heterocycles. The second-order valence-electron chi connectivity index (χ2n) is 7.20. The maximum atomic E-state index is 12.6. The van der Waals surface area contributed by atoms with Gasteiger partial charge in [-0.2, -0.15) is 0 Å². The maximum absolute atomic E-state index is 12.6. The van der Waals surface area contributed by atoms with E-state index in [2.05, 4.69) is 26.1 Å². The first-order valence-corrected chi connectivity index (χ1v) is 7.56. The fourth-order valence-corrected chi connectivity index (χ4v) is 3.20. The van der Waals surface area contributed by atoms with Gasteiger partial charge in [0.2, 0.25) is 5.91 Å². The van der Waals surface area contributed by atoms with Crippen LogP contribution in [-0.2, 0) is 11.2 Å². The summed E-state index contributed by atoms with van der Waals surface area (Å²) in [6, 6.07) is 5.52. The standard InChI is InChI=1S/C17H22N2O2/c1-17(2,3)13-6-7-19(10-13)16(21)11-4-5-14-12(8-11)9-15(20)18-14/h4-5,8,13H,6-7,9-10H2,1-3H3,(H,18,20). The number of nitrogens with one attached hydrogen (secondary N) is 1. The molecule has 0 bridgehead atoms. The van der Waals surface area contributed by atoms with Crippen molar-refractivity contribution in [1.82, 2.24) is 4.90 Å². The van der Waals surface area contributed by atoms with Crippen molar-refractivity contribution in [3.63, 3.8) is 0 Å². The van der Waals surface area contributed by atoms with Crippen molar-refractivity contribution in [3.05, 3.63) is 29.3 Å². The summed E-state index contributed by atoms with van der Waals surface area (Å²) in [6.45, 7) is 8.36. The molecule has 1 saturated heterocycles. The number of carbonyl (C=O) groups is 2. The van der Waals surface area contributed by atoms with E-state index in [9.17, 15) is 9.59 Å². The summed E-state index contributed by atoms with van der Waals surface area (Å²) in [7, 11) is 0. The lowest BCUT2D eigenvalue weighted by molar-refractivity contribution is -0.115. The fraction of sp³-hybridized carbons (Fsp3) is 0.529. The molecule has 0 aliphatic carbocycles. The van der Waals surface area contributed by atoms with E-state index in [1.54, 1.807) is 0 Å². The Morgan fingerprint density at radius 3 is 2.76 bits per heavy atom. The Bertz CT molecular complexity index is 601. The van der Waals surface area contributed by atoms with Gasteiger partial charge < -0.3 is 10.2 Å². The first-order chi connectivity index (χ1) is 9.84. The quantitative estimate of drug-likeness (QED) is 0.863. The molecule has 2 heterocycles. The molecule has 1 aromatic carbocycles. The van der Waals surface area contributed by atoms with Crippen molar-refractivity contribution in [1.29, 1.82) is 0 Å². The van der Waals surface area contributed by atoms with Gasteiger partial charge in [-0.3, -0.25) is 9.59 Å². The number of nitrogens with zero attached hydrogens (tertiary/aromatic N) is 1. The topological polar surface area (TPSA) is 49.4 Å². The highest BCUT2D eigenvalue weighted by Crippen LogP contribution is 2.34. The smallest absolute Gasteiger partial charge is 0.253 e. The van der Waals surface area contributed by atoms with Crippen molar-refractivity contribution in [3.8, 4) is 0 Å². The molecule has 1 atom stereocenters. The lowest BCUT2D eigenvalue weighted by Crippen LogP contribution is -2.31. The van der Waals surface area contributed by atoms with Crippen LogP contribution in [0.15, 0.2) is 18.2 Å². The molecule has 2 amide bonds. The van der Waals surface area contributed by atoms with Crippen molar-refractivity contribution >= 4 is 17.5 Å². The van der Waals surface area contributed by atoms with Crippen LogP contribution in [0.25, 0.3) is 0 Å². The van der Waals surface area contributed by atoms with Crippen LogP contribution in [0.2, 0.25) is 0 Å². The minimum atomic E-state index is 0.00330. The molecule has 112 valence electrons. The minimum Gasteiger partial charge on any atom is -0.338 e. The summed E-state index contributed by atoms with van der Waals surface area (Å²) in [6.07, 6.45) is 1.45. The zero-order valence-electron chi connectivity index (χ0n) is 12.9. The predicted molar refractivity (Wildman–Crippen MR) is 82.2 cm³/mol. The van der Waals surface area contributed by atoms with Crippen LogP contribution >= 0.6 is 0 Å². The van der Waals surface area contributed by atoms with Crippen LogP contribution in [0.4, 0.5) is 5.69 Å². The van der Waals surface area contributed by atoms with Crippen molar-refractivity contribution in [2.75, 3.05) is 18.4 Å². The summed E-state index contributed by atoms with van der Waals surface area (Å²) >= 11 is 0. The van der Waals surface area contributed by atoms with E-state index >= 15 is 0 Å². The zero-order chi connectivity index (χ0) is 15.2. The Morgan fingerprint density at radius 2 is 2.10 bits per heavy atom. The number of hydrogen-bond acceptors (Lipinski definition) is 2. The number of likely N-dealkylation sites (tertiary alicyclic amines) is 1. The highest BCUT2D eigenvalue weighted by atomic mass is 16.2. The van der Waals surface area contributed by atoms with Crippen LogP contribution in [0.1, 0.15) is 43.1 Å². The van der Waals surface area contributed by atoms with E-state index in [4.69, 9.17) is 0 Å². The largest absolute Gasteiger partial charge is 0.338 e. The van der Waals surface area contributed by atoms with Crippen LogP contribution in [0.5, 0.6) is 0 Å². The number of rotatable bonds is 1. The number of fused-ring (bicyclic) bond motifs is 1. The molecule has 0 aromatic heterocycles. The number of hydrogen-bond donors (Lipinski definition) is 1. The SMILES string of the molecule is CC(C)(C)C1CCN(C(=O)c2ccc3c(c2)CC(=O)N3)C1. The van der Waals surface area contributed by atoms with Crippen LogP contribution < -0.4 is 5.32 Å². The van der Waals surface area contributed by atoms with Gasteiger partial charge in [-0.25, -0.2) is 0 Å². The first-order valence-electron chi connectivity index (χ1n) is 7.56. The van der Waals surface area contributed by atoms with Gasteiger partial charge in [0.15, 0.2) is 0 Å². The van der Waals surface area contributed by atoms with E-state index in [0.717, 1.165) is 30.8 Å². The Hall–Kier alpha value is -1.84. The second kappa shape index (κ2) is 4.86. The van der Waals surface area contributed by atoms with Gasteiger partial charge in [-0.15, -0.1) is 0 Å². The van der Waals surface area contributed by atoms with Crippen molar-refractivity contribution < 1.29 is 9.59 Å². The number of benzene rings is 1. The monoisotopic (exact) mass is 286 g/mol. The number of carbonyl (C=O) groups excluding carboxylic acids is 2. The van der Waals surface area contributed by atoms with E-state index in [-0.39, 0.29) is 17.2 Å². The summed E-state index contributed by atoms with van der Waals surface area (Å²) in [4.78, 5) is 26.0. The minimum absolute atomic E-state index is 0.00330. The van der Waals surface area contributed by atoms with Gasteiger partial charge in [0.05, 0.1) is 6.42 Å². The van der Waals surface area contributed by atoms with Crippen LogP contribution in [0, 0.1) is 11.3 Å². The molecule has 0 saturated carbocycles. The molecule has 1 unspecified atom stereocenters. The third-order valence-corrected chi connectivity index (χ3v) is 4.68. The average molecular weight is 286 g/mol. The van der Waals surface area contributed by atoms with Crippen LogP contribution in [0.3, 0.4) is 0 Å². The summed E-state index contributed by atoms with van der Waals surface area (Å²) in [5.41, 5.74) is 2.70. The fourth-order valence-electron chi connectivity index (χ4n) is 3.20. The van der Waals surface area contributed by atoms with Gasteiger partial charge in [-0.05, 0) is 41.5 Å². The Kier molecular flexibility index (Phi) is 3.27. The molecule has 0 spiro atoms. The Morgan fingerprint density at radius 1 is 1.33 bits per heavy atom. The molecule has 4 nitrogen and oxygen atoms in total. The molecule has 2 aliphatic rings. The van der Waals surface area contributed by atoms with Gasteiger partial charge in [0.25, 0.3) is 5.91 Å². The molecular formula is C17H22N2O2. The van der Waals surface area contributed by atoms with Gasteiger partial charge in [0.1, 0.15) is 0 Å². The van der Waals surface area contributed by atoms with E-state index in [0.29, 0.717) is 17.9 Å². The van der Waals surface area contributed by atoms with Gasteiger partial charge >= 0.3 is 0 Å². The molecule has 1 fully saturated rings. The van der Waals surface area contributed by atoms with Crippen molar-refractivity contribution in [2.24, 2.45) is 11.3 Å². The summed E-state index contributed by atoms with van der Waals surface area (Å²) < 4.78 is 0. The Labute approximate surface area is 125 Å². The first kappa shape index (κ1) is 14.1.